The monoisotopic (exact) mass is 281 g/mol. The molecule has 21 heavy (non-hydrogen) atoms. The van der Waals surface area contributed by atoms with Gasteiger partial charge in [-0.15, -0.1) is 0 Å². The molecule has 0 radical (unpaired) electrons. The smallest absolute Gasteiger partial charge is 0.115 e. The number of aryl methyl sites for hydroxylation is 1. The summed E-state index contributed by atoms with van der Waals surface area (Å²) < 4.78 is 0. The van der Waals surface area contributed by atoms with Gasteiger partial charge in [-0.25, -0.2) is 0 Å². The van der Waals surface area contributed by atoms with Crippen LogP contribution in [0.15, 0.2) is 48.5 Å². The second-order valence-electron chi connectivity index (χ2n) is 6.01. The number of likely N-dealkylation sites (N-methyl/N-ethyl adjacent to an activating group) is 1. The summed E-state index contributed by atoms with van der Waals surface area (Å²) in [6.45, 7) is 1.05. The van der Waals surface area contributed by atoms with Crippen molar-refractivity contribution in [1.82, 2.24) is 4.90 Å². The first-order chi connectivity index (χ1) is 10.2. The molecule has 0 aromatic heterocycles. The minimum Gasteiger partial charge on any atom is -0.508 e. The maximum Gasteiger partial charge on any atom is 0.115 e. The largest absolute Gasteiger partial charge is 0.508 e. The van der Waals surface area contributed by atoms with Crippen LogP contribution in [0.5, 0.6) is 5.75 Å². The Morgan fingerprint density at radius 1 is 1.14 bits per heavy atom. The number of phenolic OH excluding ortho intramolecular Hbond substituents is 1. The topological polar surface area (TPSA) is 23.5 Å². The molecule has 2 aromatic carbocycles. The van der Waals surface area contributed by atoms with E-state index >= 15 is 0 Å². The number of nitrogens with zero attached hydrogens (tertiary/aromatic N) is 1. The highest BCUT2D eigenvalue weighted by Gasteiger charge is 2.23. The van der Waals surface area contributed by atoms with Crippen molar-refractivity contribution in [2.45, 2.75) is 31.7 Å². The first-order valence-corrected chi connectivity index (χ1v) is 7.80. The highest BCUT2D eigenvalue weighted by atomic mass is 16.3. The van der Waals surface area contributed by atoms with Gasteiger partial charge in [0.15, 0.2) is 0 Å². The third-order valence-corrected chi connectivity index (χ3v) is 4.54. The quantitative estimate of drug-likeness (QED) is 0.917. The molecule has 1 aliphatic carbocycles. The third-order valence-electron chi connectivity index (χ3n) is 4.54. The van der Waals surface area contributed by atoms with Crippen molar-refractivity contribution in [2.75, 3.05) is 13.6 Å². The van der Waals surface area contributed by atoms with Crippen LogP contribution >= 0.6 is 0 Å². The van der Waals surface area contributed by atoms with Gasteiger partial charge in [-0.2, -0.15) is 0 Å². The van der Waals surface area contributed by atoms with E-state index < -0.39 is 0 Å². The van der Waals surface area contributed by atoms with Gasteiger partial charge in [0.1, 0.15) is 5.75 Å². The van der Waals surface area contributed by atoms with Gasteiger partial charge in [-0.3, -0.25) is 4.90 Å². The molecule has 0 saturated carbocycles. The van der Waals surface area contributed by atoms with Gasteiger partial charge in [0.05, 0.1) is 0 Å². The molecule has 3 rings (SSSR count). The normalized spacial score (nSPS) is 17.7. The van der Waals surface area contributed by atoms with Crippen LogP contribution in [-0.4, -0.2) is 23.6 Å². The Morgan fingerprint density at radius 3 is 2.76 bits per heavy atom. The van der Waals surface area contributed by atoms with Crippen LogP contribution in [0.3, 0.4) is 0 Å². The molecule has 2 nitrogen and oxygen atoms in total. The lowest BCUT2D eigenvalue weighted by Crippen LogP contribution is -2.29. The maximum atomic E-state index is 9.78. The van der Waals surface area contributed by atoms with Gasteiger partial charge in [0.25, 0.3) is 0 Å². The molecule has 1 atom stereocenters. The molecule has 1 aliphatic rings. The van der Waals surface area contributed by atoms with E-state index in [0.717, 1.165) is 19.4 Å². The molecule has 0 bridgehead atoms. The SMILES string of the molecule is CN(CCc1ccccc1)C1CCCc2ccc(O)cc21. The molecule has 0 heterocycles. The summed E-state index contributed by atoms with van der Waals surface area (Å²) >= 11 is 0. The fraction of sp³-hybridized carbons (Fsp3) is 0.368. The van der Waals surface area contributed by atoms with Gasteiger partial charge in [0, 0.05) is 12.6 Å². The molecule has 0 aliphatic heterocycles. The van der Waals surface area contributed by atoms with E-state index in [1.165, 1.54) is 29.5 Å². The van der Waals surface area contributed by atoms with Crippen molar-refractivity contribution >= 4 is 0 Å². The Morgan fingerprint density at radius 2 is 1.95 bits per heavy atom. The Labute approximate surface area is 127 Å². The van der Waals surface area contributed by atoms with Gasteiger partial charge in [-0.05, 0) is 61.6 Å². The van der Waals surface area contributed by atoms with Crippen LogP contribution in [0, 0.1) is 0 Å². The molecule has 2 aromatic rings. The van der Waals surface area contributed by atoms with Crippen molar-refractivity contribution in [3.63, 3.8) is 0 Å². The van der Waals surface area contributed by atoms with Crippen LogP contribution in [0.25, 0.3) is 0 Å². The van der Waals surface area contributed by atoms with Gasteiger partial charge in [0.2, 0.25) is 0 Å². The number of benzene rings is 2. The van der Waals surface area contributed by atoms with E-state index in [0.29, 0.717) is 11.8 Å². The number of aromatic hydroxyl groups is 1. The zero-order chi connectivity index (χ0) is 14.7. The van der Waals surface area contributed by atoms with Crippen molar-refractivity contribution in [1.29, 1.82) is 0 Å². The van der Waals surface area contributed by atoms with E-state index in [4.69, 9.17) is 0 Å². The predicted molar refractivity (Wildman–Crippen MR) is 86.6 cm³/mol. The molecule has 0 saturated heterocycles. The first kappa shape index (κ1) is 14.2. The molecule has 2 heteroatoms. The minimum atomic E-state index is 0.386. The van der Waals surface area contributed by atoms with Crippen LogP contribution in [-0.2, 0) is 12.8 Å². The summed E-state index contributed by atoms with van der Waals surface area (Å²) in [5.74, 6) is 0.386. The maximum absolute atomic E-state index is 9.78. The van der Waals surface area contributed by atoms with Crippen LogP contribution in [0.4, 0.5) is 0 Å². The first-order valence-electron chi connectivity index (χ1n) is 7.80. The molecule has 1 unspecified atom stereocenters. The van der Waals surface area contributed by atoms with E-state index in [1.807, 2.05) is 12.1 Å². The Kier molecular flexibility index (Phi) is 4.26. The van der Waals surface area contributed by atoms with Crippen molar-refractivity contribution in [3.8, 4) is 5.75 Å². The Hall–Kier alpha value is -1.80. The fourth-order valence-electron chi connectivity index (χ4n) is 3.33. The van der Waals surface area contributed by atoms with Crippen LogP contribution < -0.4 is 0 Å². The van der Waals surface area contributed by atoms with Gasteiger partial charge >= 0.3 is 0 Å². The van der Waals surface area contributed by atoms with E-state index in [-0.39, 0.29) is 0 Å². The Bertz CT molecular complexity index is 594. The van der Waals surface area contributed by atoms with E-state index in [9.17, 15) is 5.11 Å². The fourth-order valence-corrected chi connectivity index (χ4v) is 3.33. The van der Waals surface area contributed by atoms with E-state index in [1.54, 1.807) is 0 Å². The third kappa shape index (κ3) is 3.27. The lowest BCUT2D eigenvalue weighted by Gasteiger charge is -2.33. The van der Waals surface area contributed by atoms with Gasteiger partial charge < -0.3 is 5.11 Å². The molecule has 0 fully saturated rings. The van der Waals surface area contributed by atoms with Gasteiger partial charge in [-0.1, -0.05) is 36.4 Å². The van der Waals surface area contributed by atoms with Crippen molar-refractivity contribution in [2.24, 2.45) is 0 Å². The molecule has 1 N–H and O–H groups in total. The average molecular weight is 281 g/mol. The highest BCUT2D eigenvalue weighted by Crippen LogP contribution is 2.35. The summed E-state index contributed by atoms with van der Waals surface area (Å²) in [6.07, 6.45) is 4.63. The predicted octanol–water partition coefficient (Wildman–Crippen LogP) is 3.94. The molecule has 110 valence electrons. The zero-order valence-corrected chi connectivity index (χ0v) is 12.6. The second kappa shape index (κ2) is 6.31. The van der Waals surface area contributed by atoms with Crippen molar-refractivity contribution < 1.29 is 5.11 Å². The van der Waals surface area contributed by atoms with Crippen LogP contribution in [0.1, 0.15) is 35.6 Å². The molecular weight excluding hydrogens is 258 g/mol. The van der Waals surface area contributed by atoms with Crippen LogP contribution in [0.2, 0.25) is 0 Å². The molecule has 0 spiro atoms. The number of rotatable bonds is 4. The molecular formula is C19H23NO. The number of hydrogen-bond acceptors (Lipinski definition) is 2. The average Bonchev–Trinajstić information content (AvgIpc) is 2.53. The second-order valence-corrected chi connectivity index (χ2v) is 6.01. The summed E-state index contributed by atoms with van der Waals surface area (Å²) in [4.78, 5) is 2.43. The molecule has 0 amide bonds. The lowest BCUT2D eigenvalue weighted by molar-refractivity contribution is 0.223. The highest BCUT2D eigenvalue weighted by molar-refractivity contribution is 5.38. The summed E-state index contributed by atoms with van der Waals surface area (Å²) in [6, 6.07) is 16.9. The minimum absolute atomic E-state index is 0.386. The Balaban J connectivity index is 1.71. The number of hydrogen-bond donors (Lipinski definition) is 1. The summed E-state index contributed by atoms with van der Waals surface area (Å²) in [7, 11) is 2.20. The number of phenols is 1. The van der Waals surface area contributed by atoms with Crippen molar-refractivity contribution in [3.05, 3.63) is 65.2 Å². The number of fused-ring (bicyclic) bond motifs is 1. The lowest BCUT2D eigenvalue weighted by atomic mass is 9.86. The summed E-state index contributed by atoms with van der Waals surface area (Å²) in [5.41, 5.74) is 4.10. The zero-order valence-electron chi connectivity index (χ0n) is 12.6. The standard InChI is InChI=1S/C19H23NO/c1-20(13-12-15-6-3-2-4-7-15)19-9-5-8-16-10-11-17(21)14-18(16)19/h2-4,6-7,10-11,14,19,21H,5,8-9,12-13H2,1H3. The summed E-state index contributed by atoms with van der Waals surface area (Å²) in [5, 5.41) is 9.78. The van der Waals surface area contributed by atoms with E-state index in [2.05, 4.69) is 48.3 Å².